The molecule has 0 aliphatic rings. The van der Waals surface area contributed by atoms with E-state index in [1.807, 2.05) is 12.1 Å². The maximum atomic E-state index is 9.77. The molecule has 1 atom stereocenters. The average molecular weight is 291 g/mol. The molecule has 0 aromatic carbocycles. The van der Waals surface area contributed by atoms with Crippen LogP contribution < -0.4 is 0 Å². The van der Waals surface area contributed by atoms with E-state index in [4.69, 9.17) is 0 Å². The van der Waals surface area contributed by atoms with Crippen LogP contribution in [0.15, 0.2) is 21.3 Å². The van der Waals surface area contributed by atoms with Gasteiger partial charge in [-0.3, -0.25) is 0 Å². The van der Waals surface area contributed by atoms with Gasteiger partial charge in [0.05, 0.1) is 3.79 Å². The molecule has 74 valence electrons. The van der Waals surface area contributed by atoms with Crippen molar-refractivity contribution in [3.63, 3.8) is 0 Å². The van der Waals surface area contributed by atoms with Crippen molar-refractivity contribution < 1.29 is 5.11 Å². The minimum absolute atomic E-state index is 0.542. The first-order chi connectivity index (χ1) is 6.75. The summed E-state index contributed by atoms with van der Waals surface area (Å²) in [5, 5.41) is 15.4. The number of thiophene rings is 1. The molecule has 0 bridgehead atoms. The van der Waals surface area contributed by atoms with Gasteiger partial charge in [-0.25, -0.2) is 0 Å². The fourth-order valence-electron chi connectivity index (χ4n) is 1.07. The van der Waals surface area contributed by atoms with Crippen molar-refractivity contribution in [1.29, 1.82) is 0 Å². The zero-order chi connectivity index (χ0) is 9.97. The highest BCUT2D eigenvalue weighted by molar-refractivity contribution is 9.11. The number of aliphatic hydroxyl groups is 1. The van der Waals surface area contributed by atoms with Crippen molar-refractivity contribution in [3.05, 3.63) is 31.9 Å². The smallest absolute Gasteiger partial charge is 0.104 e. The van der Waals surface area contributed by atoms with Crippen molar-refractivity contribution in [3.8, 4) is 0 Å². The van der Waals surface area contributed by atoms with E-state index in [0.29, 0.717) is 12.1 Å². The minimum Gasteiger partial charge on any atom is -0.386 e. The highest BCUT2D eigenvalue weighted by Gasteiger charge is 2.12. The molecule has 0 spiro atoms. The summed E-state index contributed by atoms with van der Waals surface area (Å²) < 4.78 is 4.80. The molecule has 3 nitrogen and oxygen atoms in total. The van der Waals surface area contributed by atoms with Crippen LogP contribution in [0.4, 0.5) is 0 Å². The molecule has 0 saturated carbocycles. The monoisotopic (exact) mass is 290 g/mol. The van der Waals surface area contributed by atoms with Gasteiger partial charge < -0.3 is 5.11 Å². The van der Waals surface area contributed by atoms with Gasteiger partial charge in [0, 0.05) is 16.7 Å². The zero-order valence-electron chi connectivity index (χ0n) is 7.05. The van der Waals surface area contributed by atoms with Crippen molar-refractivity contribution in [1.82, 2.24) is 9.59 Å². The highest BCUT2D eigenvalue weighted by atomic mass is 79.9. The maximum Gasteiger partial charge on any atom is 0.104 e. The van der Waals surface area contributed by atoms with Crippen molar-refractivity contribution >= 4 is 38.8 Å². The summed E-state index contributed by atoms with van der Waals surface area (Å²) in [7, 11) is 0. The van der Waals surface area contributed by atoms with E-state index in [1.165, 1.54) is 11.5 Å². The fourth-order valence-corrected chi connectivity index (χ4v) is 3.09. The Balaban J connectivity index is 2.05. The van der Waals surface area contributed by atoms with E-state index in [1.54, 1.807) is 16.7 Å². The van der Waals surface area contributed by atoms with Crippen LogP contribution in [-0.4, -0.2) is 14.7 Å². The van der Waals surface area contributed by atoms with Gasteiger partial charge in [-0.05, 0) is 39.6 Å². The van der Waals surface area contributed by atoms with Crippen LogP contribution in [0.1, 0.15) is 16.7 Å². The zero-order valence-corrected chi connectivity index (χ0v) is 10.3. The molecule has 6 heteroatoms. The highest BCUT2D eigenvalue weighted by Crippen LogP contribution is 2.26. The lowest BCUT2D eigenvalue weighted by molar-refractivity contribution is 0.174. The summed E-state index contributed by atoms with van der Waals surface area (Å²) in [6.07, 6.45) is 0.0566. The van der Waals surface area contributed by atoms with Crippen molar-refractivity contribution in [2.45, 2.75) is 12.5 Å². The molecule has 2 heterocycles. The Morgan fingerprint density at radius 3 is 2.93 bits per heavy atom. The van der Waals surface area contributed by atoms with Gasteiger partial charge in [0.2, 0.25) is 0 Å². The van der Waals surface area contributed by atoms with E-state index in [2.05, 4.69) is 25.5 Å². The number of hydrogen-bond acceptors (Lipinski definition) is 5. The third-order valence-electron chi connectivity index (χ3n) is 1.74. The second-order valence-electron chi connectivity index (χ2n) is 2.76. The summed E-state index contributed by atoms with van der Waals surface area (Å²) >= 11 is 6.26. The predicted molar refractivity (Wildman–Crippen MR) is 60.6 cm³/mol. The summed E-state index contributed by atoms with van der Waals surface area (Å²) in [4.78, 5) is 1.14. The second-order valence-corrected chi connectivity index (χ2v) is 5.91. The first-order valence-electron chi connectivity index (χ1n) is 3.95. The van der Waals surface area contributed by atoms with Crippen LogP contribution in [-0.2, 0) is 6.42 Å². The van der Waals surface area contributed by atoms with Crippen LogP contribution in [0.2, 0.25) is 0 Å². The van der Waals surface area contributed by atoms with Gasteiger partial charge in [-0.1, -0.05) is 4.49 Å². The number of nitrogens with zero attached hydrogens (tertiary/aromatic N) is 2. The quantitative estimate of drug-likeness (QED) is 0.945. The summed E-state index contributed by atoms with van der Waals surface area (Å²) in [5.74, 6) is 0. The standard InChI is InChI=1S/C8H7BrN2OS2/c9-8-2-1-5(14-8)3-7(12)6-4-13-11-10-6/h1-2,4,7,12H,3H2. The van der Waals surface area contributed by atoms with Crippen LogP contribution >= 0.6 is 38.8 Å². The Hall–Kier alpha value is -0.300. The van der Waals surface area contributed by atoms with Crippen LogP contribution in [0, 0.1) is 0 Å². The topological polar surface area (TPSA) is 46.0 Å². The van der Waals surface area contributed by atoms with Gasteiger partial charge in [-0.2, -0.15) is 0 Å². The largest absolute Gasteiger partial charge is 0.386 e. The van der Waals surface area contributed by atoms with Crippen molar-refractivity contribution in [2.75, 3.05) is 0 Å². The first-order valence-corrected chi connectivity index (χ1v) is 6.39. The lowest BCUT2D eigenvalue weighted by Crippen LogP contribution is -2.00. The van der Waals surface area contributed by atoms with Gasteiger partial charge in [0.1, 0.15) is 11.8 Å². The van der Waals surface area contributed by atoms with Crippen LogP contribution in [0.5, 0.6) is 0 Å². The van der Waals surface area contributed by atoms with Gasteiger partial charge in [0.15, 0.2) is 0 Å². The molecule has 2 aromatic rings. The molecule has 0 saturated heterocycles. The molecule has 14 heavy (non-hydrogen) atoms. The van der Waals surface area contributed by atoms with Crippen LogP contribution in [0.3, 0.4) is 0 Å². The Labute approximate surface area is 97.7 Å². The molecule has 0 aliphatic carbocycles. The van der Waals surface area contributed by atoms with Crippen LogP contribution in [0.25, 0.3) is 0 Å². The molecule has 0 aliphatic heterocycles. The van der Waals surface area contributed by atoms with E-state index in [9.17, 15) is 5.11 Å². The molecule has 1 unspecified atom stereocenters. The third kappa shape index (κ3) is 2.38. The molecule has 2 rings (SSSR count). The van der Waals surface area contributed by atoms with Gasteiger partial charge >= 0.3 is 0 Å². The number of rotatable bonds is 3. The average Bonchev–Trinajstić information content (AvgIpc) is 2.75. The predicted octanol–water partition coefficient (Wildman–Crippen LogP) is 2.64. The van der Waals surface area contributed by atoms with Gasteiger partial charge in [0.25, 0.3) is 0 Å². The lowest BCUT2D eigenvalue weighted by Gasteiger charge is -2.03. The first kappa shape index (κ1) is 10.2. The Bertz CT molecular complexity index is 401. The summed E-state index contributed by atoms with van der Waals surface area (Å²) in [5.41, 5.74) is 0.652. The van der Waals surface area contributed by atoms with Crippen molar-refractivity contribution in [2.24, 2.45) is 0 Å². The number of hydrogen-bond donors (Lipinski definition) is 1. The molecule has 0 radical (unpaired) electrons. The number of halogens is 1. The van der Waals surface area contributed by atoms with E-state index in [-0.39, 0.29) is 0 Å². The molecule has 2 aromatic heterocycles. The molecule has 1 N–H and O–H groups in total. The molecular weight excluding hydrogens is 284 g/mol. The summed E-state index contributed by atoms with van der Waals surface area (Å²) in [6.45, 7) is 0. The van der Waals surface area contributed by atoms with E-state index >= 15 is 0 Å². The SMILES string of the molecule is OC(Cc1ccc(Br)s1)c1csnn1. The minimum atomic E-state index is -0.542. The third-order valence-corrected chi connectivity index (χ3v) is 3.91. The summed E-state index contributed by atoms with van der Waals surface area (Å²) in [6, 6.07) is 3.98. The molecular formula is C8H7BrN2OS2. The van der Waals surface area contributed by atoms with Gasteiger partial charge in [-0.15, -0.1) is 16.4 Å². The maximum absolute atomic E-state index is 9.77. The second kappa shape index (κ2) is 4.48. The Morgan fingerprint density at radius 1 is 1.50 bits per heavy atom. The van der Waals surface area contributed by atoms with E-state index in [0.717, 1.165) is 8.66 Å². The Morgan fingerprint density at radius 2 is 2.36 bits per heavy atom. The molecule has 0 amide bonds. The van der Waals surface area contributed by atoms with E-state index < -0.39 is 6.10 Å². The fraction of sp³-hybridized carbons (Fsp3) is 0.250. The normalized spacial score (nSPS) is 13.0. The Kier molecular flexibility index (Phi) is 3.27. The number of aromatic nitrogens is 2. The molecule has 0 fully saturated rings. The number of aliphatic hydroxyl groups excluding tert-OH is 1. The lowest BCUT2D eigenvalue weighted by atomic mass is 10.2.